The van der Waals surface area contributed by atoms with Gasteiger partial charge in [-0.2, -0.15) is 0 Å². The lowest BCUT2D eigenvalue weighted by atomic mass is 9.94. The number of benzene rings is 10. The minimum atomic E-state index is 1.16. The van der Waals surface area contributed by atoms with E-state index in [1.54, 1.807) is 0 Å². The number of hydrogen-bond acceptors (Lipinski definition) is 0. The fourth-order valence-electron chi connectivity index (χ4n) is 10.0. The Morgan fingerprint density at radius 3 is 1.41 bits per heavy atom. The monoisotopic (exact) mass is 734 g/mol. The molecule has 1 aliphatic rings. The highest BCUT2D eigenvalue weighted by Crippen LogP contribution is 2.49. The molecule has 0 fully saturated rings. The maximum atomic E-state index is 2.42. The van der Waals surface area contributed by atoms with Gasteiger partial charge in [-0.15, -0.1) is 0 Å². The van der Waals surface area contributed by atoms with Crippen LogP contribution in [0.1, 0.15) is 0 Å². The zero-order valence-electron chi connectivity index (χ0n) is 31.5. The average Bonchev–Trinajstić information content (AvgIpc) is 3.92. The predicted molar refractivity (Wildman–Crippen MR) is 245 cm³/mol. The maximum absolute atomic E-state index is 2.42. The number of fused-ring (bicyclic) bond motifs is 10. The van der Waals surface area contributed by atoms with E-state index in [1.165, 1.54) is 115 Å². The van der Waals surface area contributed by atoms with Crippen molar-refractivity contribution in [2.45, 2.75) is 0 Å². The van der Waals surface area contributed by atoms with Crippen molar-refractivity contribution in [3.8, 4) is 55.9 Å². The first-order valence-electron chi connectivity index (χ1n) is 20.1. The van der Waals surface area contributed by atoms with Crippen LogP contribution in [0.15, 0.2) is 206 Å². The molecule has 0 aliphatic heterocycles. The van der Waals surface area contributed by atoms with Crippen LogP contribution in [0.3, 0.4) is 0 Å². The van der Waals surface area contributed by atoms with Crippen molar-refractivity contribution in [1.29, 1.82) is 0 Å². The summed E-state index contributed by atoms with van der Waals surface area (Å²) in [5, 5.41) is 10.2. The molecule has 1 aliphatic carbocycles. The standard InChI is InChI=1S/C56H34N2/c1-2-11-37-32-41(27-20-35(37)10-1)58-53-19-8-6-15-46(53)51-34-39(24-31-55(51)58)38-23-30-54-50(33-38)45-14-5-7-18-52(45)57(54)40-25-21-36(22-26-40)42-28-29-49-44-13-4-3-12-43(44)48-17-9-16-47(42)56(48)49/h1-34H. The Morgan fingerprint density at radius 2 is 0.724 bits per heavy atom. The van der Waals surface area contributed by atoms with Gasteiger partial charge in [-0.3, -0.25) is 0 Å². The SMILES string of the molecule is c1ccc2c(c1)-c1cccc3c(-c4ccc(-n5c6ccccc6c6cc(-c7ccc8c(c7)c7ccccc7n8-c7ccc8ccccc8c7)ccc65)cc4)ccc-2c13. The lowest BCUT2D eigenvalue weighted by molar-refractivity contribution is 1.18. The third kappa shape index (κ3) is 4.43. The van der Waals surface area contributed by atoms with Crippen LogP contribution in [0.4, 0.5) is 0 Å². The van der Waals surface area contributed by atoms with Gasteiger partial charge >= 0.3 is 0 Å². The summed E-state index contributed by atoms with van der Waals surface area (Å²) >= 11 is 0. The van der Waals surface area contributed by atoms with Gasteiger partial charge in [0.1, 0.15) is 0 Å². The van der Waals surface area contributed by atoms with Gasteiger partial charge in [0.05, 0.1) is 22.1 Å². The van der Waals surface area contributed by atoms with Gasteiger partial charge in [-0.25, -0.2) is 0 Å². The Balaban J connectivity index is 0.916. The van der Waals surface area contributed by atoms with Gasteiger partial charge in [-0.05, 0) is 127 Å². The van der Waals surface area contributed by atoms with E-state index in [-0.39, 0.29) is 0 Å². The van der Waals surface area contributed by atoms with E-state index >= 15 is 0 Å². The van der Waals surface area contributed by atoms with Crippen LogP contribution in [0, 0.1) is 0 Å². The molecule has 0 unspecified atom stereocenters. The van der Waals surface area contributed by atoms with Crippen molar-refractivity contribution in [3.05, 3.63) is 206 Å². The quantitative estimate of drug-likeness (QED) is 0.170. The fraction of sp³-hybridized carbons (Fsp3) is 0. The van der Waals surface area contributed by atoms with Gasteiger partial charge < -0.3 is 9.13 Å². The first kappa shape index (κ1) is 31.5. The lowest BCUT2D eigenvalue weighted by Crippen LogP contribution is -1.94. The molecule has 2 heterocycles. The number of para-hydroxylation sites is 2. The second-order valence-electron chi connectivity index (χ2n) is 15.7. The van der Waals surface area contributed by atoms with Crippen molar-refractivity contribution < 1.29 is 0 Å². The summed E-state index contributed by atoms with van der Waals surface area (Å²) in [6.07, 6.45) is 0. The van der Waals surface area contributed by atoms with Gasteiger partial charge in [-0.1, -0.05) is 146 Å². The highest BCUT2D eigenvalue weighted by Gasteiger charge is 2.22. The van der Waals surface area contributed by atoms with Crippen LogP contribution in [0.25, 0.3) is 121 Å². The van der Waals surface area contributed by atoms with E-state index < -0.39 is 0 Å². The third-order valence-corrected chi connectivity index (χ3v) is 12.7. The molecule has 58 heavy (non-hydrogen) atoms. The second kappa shape index (κ2) is 11.9. The van der Waals surface area contributed by atoms with Crippen LogP contribution in [-0.4, -0.2) is 9.13 Å². The molecule has 0 radical (unpaired) electrons. The lowest BCUT2D eigenvalue weighted by Gasteiger charge is -2.12. The number of rotatable bonds is 4. The summed E-state index contributed by atoms with van der Waals surface area (Å²) in [6.45, 7) is 0. The number of aromatic nitrogens is 2. The summed E-state index contributed by atoms with van der Waals surface area (Å²) < 4.78 is 4.83. The third-order valence-electron chi connectivity index (χ3n) is 12.7. The van der Waals surface area contributed by atoms with Crippen LogP contribution in [0.5, 0.6) is 0 Å². The highest BCUT2D eigenvalue weighted by atomic mass is 15.0. The van der Waals surface area contributed by atoms with E-state index in [1.807, 2.05) is 0 Å². The largest absolute Gasteiger partial charge is 0.309 e. The summed E-state index contributed by atoms with van der Waals surface area (Å²) in [6, 6.07) is 76.2. The van der Waals surface area contributed by atoms with Crippen LogP contribution >= 0.6 is 0 Å². The van der Waals surface area contributed by atoms with E-state index in [9.17, 15) is 0 Å². The summed E-state index contributed by atoms with van der Waals surface area (Å²) in [7, 11) is 0. The van der Waals surface area contributed by atoms with Gasteiger partial charge in [0.2, 0.25) is 0 Å². The Bertz CT molecular complexity index is 3640. The minimum Gasteiger partial charge on any atom is -0.309 e. The topological polar surface area (TPSA) is 9.86 Å². The minimum absolute atomic E-state index is 1.16. The normalized spacial score (nSPS) is 12.1. The van der Waals surface area contributed by atoms with Gasteiger partial charge in [0, 0.05) is 32.9 Å². The molecule has 0 amide bonds. The Kier molecular flexibility index (Phi) is 6.47. The molecule has 12 aromatic rings. The van der Waals surface area contributed by atoms with Crippen molar-refractivity contribution >= 4 is 65.2 Å². The summed E-state index contributed by atoms with van der Waals surface area (Å²) in [5.41, 5.74) is 17.4. The average molecular weight is 735 g/mol. The molecule has 0 saturated carbocycles. The Labute approximate surface area is 335 Å². The van der Waals surface area contributed by atoms with Crippen molar-refractivity contribution in [3.63, 3.8) is 0 Å². The molecule has 0 N–H and O–H groups in total. The number of nitrogens with zero attached hydrogens (tertiary/aromatic N) is 2. The summed E-state index contributed by atoms with van der Waals surface area (Å²) in [4.78, 5) is 0. The molecule has 13 rings (SSSR count). The molecule has 10 aromatic carbocycles. The Morgan fingerprint density at radius 1 is 0.241 bits per heavy atom. The van der Waals surface area contributed by atoms with Crippen LogP contribution in [0.2, 0.25) is 0 Å². The fourth-order valence-corrected chi connectivity index (χ4v) is 10.0. The van der Waals surface area contributed by atoms with E-state index in [4.69, 9.17) is 0 Å². The van der Waals surface area contributed by atoms with Crippen molar-refractivity contribution in [1.82, 2.24) is 9.13 Å². The van der Waals surface area contributed by atoms with Gasteiger partial charge in [0.15, 0.2) is 0 Å². The molecular formula is C56H34N2. The molecule has 268 valence electrons. The second-order valence-corrected chi connectivity index (χ2v) is 15.7. The molecule has 2 nitrogen and oxygen atoms in total. The number of hydrogen-bond donors (Lipinski definition) is 0. The smallest absolute Gasteiger partial charge is 0.0541 e. The molecule has 0 atom stereocenters. The van der Waals surface area contributed by atoms with E-state index in [0.717, 1.165) is 5.69 Å². The Hall–Kier alpha value is -7.68. The first-order valence-corrected chi connectivity index (χ1v) is 20.1. The molecule has 2 heteroatoms. The molecule has 0 saturated heterocycles. The first-order chi connectivity index (χ1) is 28.8. The molecular weight excluding hydrogens is 701 g/mol. The predicted octanol–water partition coefficient (Wildman–Crippen LogP) is 15.2. The van der Waals surface area contributed by atoms with Crippen LogP contribution < -0.4 is 0 Å². The van der Waals surface area contributed by atoms with Crippen molar-refractivity contribution in [2.75, 3.05) is 0 Å². The zero-order valence-corrected chi connectivity index (χ0v) is 31.5. The zero-order chi connectivity index (χ0) is 37.9. The van der Waals surface area contributed by atoms with E-state index in [0.29, 0.717) is 0 Å². The highest BCUT2D eigenvalue weighted by molar-refractivity contribution is 6.19. The molecule has 2 aromatic heterocycles. The van der Waals surface area contributed by atoms with Gasteiger partial charge in [0.25, 0.3) is 0 Å². The van der Waals surface area contributed by atoms with Crippen molar-refractivity contribution in [2.24, 2.45) is 0 Å². The maximum Gasteiger partial charge on any atom is 0.0541 e. The van der Waals surface area contributed by atoms with Crippen LogP contribution in [-0.2, 0) is 0 Å². The molecule has 0 bridgehead atoms. The summed E-state index contributed by atoms with van der Waals surface area (Å²) in [5.74, 6) is 0. The van der Waals surface area contributed by atoms with E-state index in [2.05, 4.69) is 215 Å². The molecule has 0 spiro atoms.